The van der Waals surface area contributed by atoms with Crippen LogP contribution < -0.4 is 0 Å². The van der Waals surface area contributed by atoms with Gasteiger partial charge in [-0.05, 0) is 37.3 Å². The second kappa shape index (κ2) is 5.19. The Kier molecular flexibility index (Phi) is 3.71. The number of nitrogens with zero attached hydrogens (tertiary/aromatic N) is 2. The van der Waals surface area contributed by atoms with E-state index in [1.54, 1.807) is 0 Å². The summed E-state index contributed by atoms with van der Waals surface area (Å²) in [4.78, 5) is 4.61. The summed E-state index contributed by atoms with van der Waals surface area (Å²) in [7, 11) is 0. The van der Waals surface area contributed by atoms with Crippen LogP contribution in [0.3, 0.4) is 0 Å². The molecule has 3 rings (SSSR count). The average molecular weight is 315 g/mol. The fraction of sp³-hybridized carbons (Fsp3) is 0.500. The summed E-state index contributed by atoms with van der Waals surface area (Å²) >= 11 is 14.1. The number of thioether (sulfide) groups is 1. The Morgan fingerprint density at radius 1 is 1.42 bits per heavy atom. The van der Waals surface area contributed by atoms with E-state index in [1.165, 1.54) is 19.3 Å². The van der Waals surface area contributed by atoms with Gasteiger partial charge in [0.05, 0.1) is 16.9 Å². The van der Waals surface area contributed by atoms with Gasteiger partial charge in [-0.25, -0.2) is 4.98 Å². The number of hydrogen-bond donors (Lipinski definition) is 0. The highest BCUT2D eigenvalue weighted by Crippen LogP contribution is 2.44. The van der Waals surface area contributed by atoms with Crippen LogP contribution in [-0.2, 0) is 12.4 Å². The van der Waals surface area contributed by atoms with Crippen LogP contribution in [0.1, 0.15) is 25.1 Å². The van der Waals surface area contributed by atoms with Gasteiger partial charge in [0.1, 0.15) is 5.82 Å². The fourth-order valence-corrected chi connectivity index (χ4v) is 4.04. The summed E-state index contributed by atoms with van der Waals surface area (Å²) in [5, 5.41) is 0.751. The molecule has 1 aromatic heterocycles. The van der Waals surface area contributed by atoms with E-state index >= 15 is 0 Å². The molecule has 1 saturated carbocycles. The predicted octanol–water partition coefficient (Wildman–Crippen LogP) is 4.71. The number of benzene rings is 1. The van der Waals surface area contributed by atoms with Crippen LogP contribution in [0.4, 0.5) is 0 Å². The summed E-state index contributed by atoms with van der Waals surface area (Å²) in [6.45, 7) is 0.979. The van der Waals surface area contributed by atoms with Crippen molar-refractivity contribution in [1.82, 2.24) is 9.55 Å². The second-order valence-corrected chi connectivity index (χ2v) is 7.10. The lowest BCUT2D eigenvalue weighted by Gasteiger charge is -2.41. The normalized spacial score (nSPS) is 17.6. The summed E-state index contributed by atoms with van der Waals surface area (Å²) in [5.41, 5.74) is 2.08. The number of halogens is 2. The molecule has 0 radical (unpaired) electrons. The van der Waals surface area contributed by atoms with E-state index in [4.69, 9.17) is 23.2 Å². The van der Waals surface area contributed by atoms with E-state index < -0.39 is 0 Å². The Labute approximate surface area is 127 Å². The number of imidazole rings is 1. The van der Waals surface area contributed by atoms with Gasteiger partial charge in [0.15, 0.2) is 0 Å². The van der Waals surface area contributed by atoms with Crippen molar-refractivity contribution in [2.75, 3.05) is 6.26 Å². The minimum Gasteiger partial charge on any atom is -0.326 e. The van der Waals surface area contributed by atoms with Crippen LogP contribution in [0.15, 0.2) is 18.2 Å². The van der Waals surface area contributed by atoms with Gasteiger partial charge < -0.3 is 4.57 Å². The first-order valence-electron chi connectivity index (χ1n) is 6.43. The van der Waals surface area contributed by atoms with Gasteiger partial charge in [-0.2, -0.15) is 11.8 Å². The highest BCUT2D eigenvalue weighted by molar-refractivity contribution is 8.00. The lowest BCUT2D eigenvalue weighted by Crippen LogP contribution is -2.38. The molecule has 102 valence electrons. The van der Waals surface area contributed by atoms with Crippen LogP contribution in [0.5, 0.6) is 0 Å². The lowest BCUT2D eigenvalue weighted by atomic mass is 9.84. The van der Waals surface area contributed by atoms with Crippen LogP contribution in [-0.4, -0.2) is 20.6 Å². The topological polar surface area (TPSA) is 17.8 Å². The van der Waals surface area contributed by atoms with Crippen LogP contribution in [0, 0.1) is 0 Å². The van der Waals surface area contributed by atoms with E-state index in [1.807, 2.05) is 30.0 Å². The van der Waals surface area contributed by atoms with Gasteiger partial charge in [0, 0.05) is 16.3 Å². The molecule has 0 aliphatic heterocycles. The molecule has 1 aromatic carbocycles. The molecule has 1 aliphatic rings. The number of hydrogen-bond acceptors (Lipinski definition) is 2. The smallest absolute Gasteiger partial charge is 0.124 e. The number of alkyl halides is 1. The average Bonchev–Trinajstić information content (AvgIpc) is 2.71. The summed E-state index contributed by atoms with van der Waals surface area (Å²) < 4.78 is 2.61. The number of aromatic nitrogens is 2. The standard InChI is InChI=1S/C14H16Cl2N2S/c1-19-14(5-2-6-14)9-18-12-7-10(16)3-4-11(12)17-13(18)8-15/h3-4,7H,2,5-6,8-9H2,1H3. The molecule has 0 bridgehead atoms. The molecule has 0 saturated heterocycles. The molecular formula is C14H16Cl2N2S. The van der Waals surface area contributed by atoms with E-state index in [2.05, 4.69) is 15.8 Å². The number of rotatable bonds is 4. The van der Waals surface area contributed by atoms with Crippen molar-refractivity contribution < 1.29 is 0 Å². The molecule has 2 nitrogen and oxygen atoms in total. The van der Waals surface area contributed by atoms with Crippen LogP contribution >= 0.6 is 35.0 Å². The predicted molar refractivity (Wildman–Crippen MR) is 84.4 cm³/mol. The summed E-state index contributed by atoms with van der Waals surface area (Å²) in [6.07, 6.45) is 6.07. The second-order valence-electron chi connectivity index (χ2n) is 5.12. The number of fused-ring (bicyclic) bond motifs is 1. The van der Waals surface area contributed by atoms with Crippen molar-refractivity contribution >= 4 is 46.0 Å². The molecule has 0 unspecified atom stereocenters. The van der Waals surface area contributed by atoms with E-state index in [0.717, 1.165) is 28.4 Å². The Balaban J connectivity index is 2.07. The maximum Gasteiger partial charge on any atom is 0.124 e. The third kappa shape index (κ3) is 2.37. The Bertz CT molecular complexity index is 599. The molecule has 0 atom stereocenters. The summed E-state index contributed by atoms with van der Waals surface area (Å²) in [6, 6.07) is 5.84. The quantitative estimate of drug-likeness (QED) is 0.760. The molecule has 1 heterocycles. The maximum atomic E-state index is 6.12. The van der Waals surface area contributed by atoms with Gasteiger partial charge in [0.2, 0.25) is 0 Å². The first-order chi connectivity index (χ1) is 9.17. The monoisotopic (exact) mass is 314 g/mol. The zero-order valence-corrected chi connectivity index (χ0v) is 13.2. The Hall–Kier alpha value is -0.380. The van der Waals surface area contributed by atoms with Gasteiger partial charge >= 0.3 is 0 Å². The molecule has 2 aromatic rings. The minimum atomic E-state index is 0.358. The summed E-state index contributed by atoms with van der Waals surface area (Å²) in [5.74, 6) is 1.38. The van der Waals surface area contributed by atoms with Crippen molar-refractivity contribution in [3.05, 3.63) is 29.0 Å². The van der Waals surface area contributed by atoms with E-state index in [0.29, 0.717) is 10.6 Å². The largest absolute Gasteiger partial charge is 0.326 e. The third-order valence-electron chi connectivity index (χ3n) is 4.05. The van der Waals surface area contributed by atoms with Gasteiger partial charge in [0.25, 0.3) is 0 Å². The zero-order valence-electron chi connectivity index (χ0n) is 10.8. The molecule has 1 aliphatic carbocycles. The molecule has 5 heteroatoms. The van der Waals surface area contributed by atoms with Crippen molar-refractivity contribution in [2.24, 2.45) is 0 Å². The van der Waals surface area contributed by atoms with Crippen LogP contribution in [0.25, 0.3) is 11.0 Å². The minimum absolute atomic E-state index is 0.358. The van der Waals surface area contributed by atoms with Crippen molar-refractivity contribution in [2.45, 2.75) is 36.4 Å². The van der Waals surface area contributed by atoms with Gasteiger partial charge in [-0.3, -0.25) is 0 Å². The highest BCUT2D eigenvalue weighted by Gasteiger charge is 2.37. The molecule has 0 N–H and O–H groups in total. The van der Waals surface area contributed by atoms with Gasteiger partial charge in [-0.1, -0.05) is 18.0 Å². The van der Waals surface area contributed by atoms with Crippen molar-refractivity contribution in [3.63, 3.8) is 0 Å². The fourth-order valence-electron chi connectivity index (χ4n) is 2.71. The van der Waals surface area contributed by atoms with E-state index in [-0.39, 0.29) is 0 Å². The Morgan fingerprint density at radius 3 is 2.79 bits per heavy atom. The van der Waals surface area contributed by atoms with Crippen molar-refractivity contribution in [1.29, 1.82) is 0 Å². The van der Waals surface area contributed by atoms with Crippen molar-refractivity contribution in [3.8, 4) is 0 Å². The first-order valence-corrected chi connectivity index (χ1v) is 8.57. The zero-order chi connectivity index (χ0) is 13.5. The lowest BCUT2D eigenvalue weighted by molar-refractivity contribution is 0.322. The maximum absolute atomic E-state index is 6.12. The molecule has 0 amide bonds. The molecule has 19 heavy (non-hydrogen) atoms. The molecular weight excluding hydrogens is 299 g/mol. The Morgan fingerprint density at radius 2 is 2.21 bits per heavy atom. The van der Waals surface area contributed by atoms with Crippen LogP contribution in [0.2, 0.25) is 5.02 Å². The van der Waals surface area contributed by atoms with Gasteiger partial charge in [-0.15, -0.1) is 11.6 Å². The first kappa shape index (κ1) is 13.6. The SMILES string of the molecule is CSC1(Cn2c(CCl)nc3ccc(Cl)cc32)CCC1. The highest BCUT2D eigenvalue weighted by atomic mass is 35.5. The third-order valence-corrected chi connectivity index (χ3v) is 5.93. The molecule has 0 spiro atoms. The van der Waals surface area contributed by atoms with E-state index in [9.17, 15) is 0 Å². The molecule has 1 fully saturated rings.